The largest absolute Gasteiger partial charge is 0.469 e. The summed E-state index contributed by atoms with van der Waals surface area (Å²) in [5, 5.41) is 6.71. The molecule has 0 spiro atoms. The van der Waals surface area contributed by atoms with E-state index in [2.05, 4.69) is 41.8 Å². The smallest absolute Gasteiger partial charge is 0.308 e. The molecule has 1 aromatic rings. The van der Waals surface area contributed by atoms with Gasteiger partial charge in [-0.25, -0.2) is 0 Å². The van der Waals surface area contributed by atoms with Crippen LogP contribution in [0, 0.1) is 5.92 Å². The third-order valence-corrected chi connectivity index (χ3v) is 5.90. The van der Waals surface area contributed by atoms with E-state index in [9.17, 15) is 9.59 Å². The molecule has 1 saturated carbocycles. The second-order valence-corrected chi connectivity index (χ2v) is 7.53. The molecule has 1 heterocycles. The van der Waals surface area contributed by atoms with E-state index < -0.39 is 0 Å². The predicted octanol–water partition coefficient (Wildman–Crippen LogP) is 1.61. The van der Waals surface area contributed by atoms with Gasteiger partial charge in [-0.1, -0.05) is 24.3 Å². The van der Waals surface area contributed by atoms with Crippen LogP contribution in [0.25, 0.3) is 0 Å². The van der Waals surface area contributed by atoms with Crippen LogP contribution in [0.3, 0.4) is 0 Å². The number of primary amides is 1. The van der Waals surface area contributed by atoms with Gasteiger partial charge in [0.2, 0.25) is 5.91 Å². The van der Waals surface area contributed by atoms with Crippen LogP contribution in [-0.4, -0.2) is 37.6 Å². The van der Waals surface area contributed by atoms with Gasteiger partial charge in [0.05, 0.1) is 19.1 Å². The lowest BCUT2D eigenvalue weighted by atomic mass is 9.78. The molecule has 4 N–H and O–H groups in total. The molecule has 1 saturated heterocycles. The summed E-state index contributed by atoms with van der Waals surface area (Å²) in [7, 11) is 1.46. The van der Waals surface area contributed by atoms with Crippen molar-refractivity contribution in [3.63, 3.8) is 0 Å². The van der Waals surface area contributed by atoms with E-state index >= 15 is 0 Å². The molecule has 0 bridgehead atoms. The van der Waals surface area contributed by atoms with Gasteiger partial charge in [-0.2, -0.15) is 0 Å². The third-order valence-electron chi connectivity index (χ3n) is 5.90. The molecule has 1 aliphatic heterocycles. The Balaban J connectivity index is 1.63. The van der Waals surface area contributed by atoms with Crippen LogP contribution in [-0.2, 0) is 14.3 Å². The van der Waals surface area contributed by atoms with Gasteiger partial charge in [-0.3, -0.25) is 14.9 Å². The van der Waals surface area contributed by atoms with E-state index in [4.69, 9.17) is 10.5 Å². The normalized spacial score (nSPS) is 32.0. The van der Waals surface area contributed by atoms with Crippen molar-refractivity contribution in [3.8, 4) is 0 Å². The Kier molecular flexibility index (Phi) is 5.94. The lowest BCUT2D eigenvalue weighted by Gasteiger charge is -2.36. The average molecular weight is 359 g/mol. The lowest BCUT2D eigenvalue weighted by Crippen LogP contribution is -2.59. The highest BCUT2D eigenvalue weighted by atomic mass is 16.5. The molecule has 142 valence electrons. The maximum absolute atomic E-state index is 11.7. The number of benzene rings is 1. The first kappa shape index (κ1) is 18.9. The van der Waals surface area contributed by atoms with Crippen LogP contribution in [0.4, 0.5) is 0 Å². The maximum Gasteiger partial charge on any atom is 0.308 e. The molecule has 3 atom stereocenters. The van der Waals surface area contributed by atoms with Crippen molar-refractivity contribution < 1.29 is 14.3 Å². The van der Waals surface area contributed by atoms with Crippen molar-refractivity contribution >= 4 is 11.9 Å². The first-order valence-electron chi connectivity index (χ1n) is 9.46. The van der Waals surface area contributed by atoms with Gasteiger partial charge in [-0.05, 0) is 49.7 Å². The van der Waals surface area contributed by atoms with E-state index in [0.717, 1.165) is 31.2 Å². The lowest BCUT2D eigenvalue weighted by molar-refractivity contribution is -0.146. The van der Waals surface area contributed by atoms with Crippen LogP contribution in [0.2, 0.25) is 0 Å². The van der Waals surface area contributed by atoms with E-state index in [0.29, 0.717) is 12.5 Å². The van der Waals surface area contributed by atoms with Crippen molar-refractivity contribution in [1.82, 2.24) is 10.6 Å². The molecule has 2 fully saturated rings. The summed E-state index contributed by atoms with van der Waals surface area (Å²) in [6.07, 6.45) is 3.82. The van der Waals surface area contributed by atoms with Crippen LogP contribution in [0.15, 0.2) is 24.3 Å². The number of carbonyl (C=O) groups excluding carboxylic acids is 2. The molecule has 1 aliphatic carbocycles. The van der Waals surface area contributed by atoms with Gasteiger partial charge in [0.1, 0.15) is 0 Å². The summed E-state index contributed by atoms with van der Waals surface area (Å²) in [5.74, 6) is 0.152. The van der Waals surface area contributed by atoms with Crippen LogP contribution in [0.5, 0.6) is 0 Å². The first-order valence-corrected chi connectivity index (χ1v) is 9.46. The Labute approximate surface area is 154 Å². The number of nitrogens with one attached hydrogen (secondary N) is 2. The minimum absolute atomic E-state index is 0.0552. The van der Waals surface area contributed by atoms with Crippen molar-refractivity contribution in [2.24, 2.45) is 11.7 Å². The second-order valence-electron chi connectivity index (χ2n) is 7.53. The number of carbonyl (C=O) groups is 2. The monoisotopic (exact) mass is 359 g/mol. The zero-order chi connectivity index (χ0) is 18.7. The van der Waals surface area contributed by atoms with E-state index in [1.54, 1.807) is 0 Å². The van der Waals surface area contributed by atoms with Crippen LogP contribution >= 0.6 is 0 Å². The number of amides is 1. The summed E-state index contributed by atoms with van der Waals surface area (Å²) in [6.45, 7) is 2.67. The van der Waals surface area contributed by atoms with E-state index in [-0.39, 0.29) is 35.9 Å². The number of hydrogen-bond acceptors (Lipinski definition) is 5. The molecule has 0 radical (unpaired) electrons. The number of piperazine rings is 1. The highest BCUT2D eigenvalue weighted by Crippen LogP contribution is 2.36. The predicted molar refractivity (Wildman–Crippen MR) is 99.5 cm³/mol. The molecule has 26 heavy (non-hydrogen) atoms. The van der Waals surface area contributed by atoms with Crippen molar-refractivity contribution in [3.05, 3.63) is 35.4 Å². The Morgan fingerprint density at radius 1 is 1.08 bits per heavy atom. The molecule has 6 heteroatoms. The molecule has 3 rings (SSSR count). The van der Waals surface area contributed by atoms with Gasteiger partial charge in [0, 0.05) is 18.6 Å². The molecular weight excluding hydrogens is 330 g/mol. The number of esters is 1. The Bertz CT molecular complexity index is 638. The summed E-state index contributed by atoms with van der Waals surface area (Å²) in [5.41, 5.74) is 7.92. The molecule has 6 nitrogen and oxygen atoms in total. The molecule has 2 aliphatic rings. The first-order chi connectivity index (χ1) is 12.5. The topological polar surface area (TPSA) is 93.4 Å². The number of hydrogen-bond donors (Lipinski definition) is 3. The van der Waals surface area contributed by atoms with Crippen molar-refractivity contribution in [2.75, 3.05) is 13.7 Å². The maximum atomic E-state index is 11.7. The zero-order valence-electron chi connectivity index (χ0n) is 15.5. The minimum atomic E-state index is -0.343. The van der Waals surface area contributed by atoms with Gasteiger partial charge in [0.25, 0.3) is 0 Å². The molecule has 1 aromatic carbocycles. The average Bonchev–Trinajstić information content (AvgIpc) is 2.68. The number of methoxy groups -OCH3 is 1. The molecule has 3 unspecified atom stereocenters. The second kappa shape index (κ2) is 8.18. The number of rotatable bonds is 4. The molecule has 0 aromatic heterocycles. The van der Waals surface area contributed by atoms with Crippen molar-refractivity contribution in [2.45, 2.75) is 56.7 Å². The fourth-order valence-corrected chi connectivity index (χ4v) is 4.21. The van der Waals surface area contributed by atoms with E-state index in [1.807, 2.05) is 0 Å². The third kappa shape index (κ3) is 4.07. The Morgan fingerprint density at radius 2 is 1.69 bits per heavy atom. The summed E-state index contributed by atoms with van der Waals surface area (Å²) < 4.78 is 4.86. The van der Waals surface area contributed by atoms with Crippen LogP contribution < -0.4 is 16.4 Å². The standard InChI is InChI=1S/C20H29N3O3/c1-12-18(23-17(11-22-12)19(21)24)15-7-3-13(4-8-15)14-5-9-16(10-6-14)20(25)26-2/h3-4,7-8,12,14,16-18,22-23H,5-6,9-11H2,1-2H3,(H2,21,24). The summed E-state index contributed by atoms with van der Waals surface area (Å²) >= 11 is 0. The van der Waals surface area contributed by atoms with Gasteiger partial charge in [-0.15, -0.1) is 0 Å². The fourth-order valence-electron chi connectivity index (χ4n) is 4.21. The van der Waals surface area contributed by atoms with Crippen LogP contribution in [0.1, 0.15) is 55.7 Å². The SMILES string of the molecule is COC(=O)C1CCC(c2ccc(C3NC(C(N)=O)CNC3C)cc2)CC1. The number of nitrogens with two attached hydrogens (primary N) is 1. The number of ether oxygens (including phenoxy) is 1. The Morgan fingerprint density at radius 3 is 2.27 bits per heavy atom. The molecule has 1 amide bonds. The Hall–Kier alpha value is -1.92. The quantitative estimate of drug-likeness (QED) is 0.710. The van der Waals surface area contributed by atoms with Gasteiger partial charge >= 0.3 is 5.97 Å². The highest BCUT2D eigenvalue weighted by Gasteiger charge is 2.31. The summed E-state index contributed by atoms with van der Waals surface area (Å²) in [6, 6.07) is 8.59. The van der Waals surface area contributed by atoms with Gasteiger partial charge < -0.3 is 15.8 Å². The zero-order valence-corrected chi connectivity index (χ0v) is 15.5. The fraction of sp³-hybridized carbons (Fsp3) is 0.600. The van der Waals surface area contributed by atoms with Gasteiger partial charge in [0.15, 0.2) is 0 Å². The highest BCUT2D eigenvalue weighted by molar-refractivity contribution is 5.80. The minimum Gasteiger partial charge on any atom is -0.469 e. The van der Waals surface area contributed by atoms with E-state index in [1.165, 1.54) is 12.7 Å². The summed E-state index contributed by atoms with van der Waals surface area (Å²) in [4.78, 5) is 23.1. The molecular formula is C20H29N3O3. The van der Waals surface area contributed by atoms with Crippen molar-refractivity contribution in [1.29, 1.82) is 0 Å².